The number of fused-ring (bicyclic) bond motifs is 9. The highest BCUT2D eigenvalue weighted by Gasteiger charge is 2.20. The Morgan fingerprint density at radius 3 is 1.58 bits per heavy atom. The lowest BCUT2D eigenvalue weighted by molar-refractivity contribution is 0.668. The van der Waals surface area contributed by atoms with E-state index in [1.807, 2.05) is 78.9 Å². The lowest BCUT2D eigenvalue weighted by atomic mass is 9.98. The Morgan fingerprint density at radius 2 is 0.772 bits per heavy atom. The molecule has 0 aliphatic rings. The SMILES string of the molecule is c1ccc(-c2ccc(-c3nc(-c4ccc5oc6ccccc6c5c4)nc(-c4cccc5oc6cc(-c7cccc8oc9ccccc9c78)ccc6c45)n3)cc2)cc1. The second-order valence-electron chi connectivity index (χ2n) is 14.3. The minimum Gasteiger partial charge on any atom is -0.456 e. The van der Waals surface area contributed by atoms with Gasteiger partial charge in [0.15, 0.2) is 17.5 Å². The van der Waals surface area contributed by atoms with Crippen molar-refractivity contribution >= 4 is 65.8 Å². The van der Waals surface area contributed by atoms with Crippen LogP contribution in [-0.4, -0.2) is 15.0 Å². The van der Waals surface area contributed by atoms with Crippen LogP contribution in [-0.2, 0) is 0 Å². The molecule has 0 aliphatic carbocycles. The van der Waals surface area contributed by atoms with E-state index in [4.69, 9.17) is 28.2 Å². The molecular weight excluding hydrogens is 703 g/mol. The highest BCUT2D eigenvalue weighted by atomic mass is 16.3. The van der Waals surface area contributed by atoms with E-state index in [9.17, 15) is 0 Å². The van der Waals surface area contributed by atoms with Gasteiger partial charge in [0.05, 0.1) is 0 Å². The zero-order valence-electron chi connectivity index (χ0n) is 30.3. The topological polar surface area (TPSA) is 78.1 Å². The zero-order chi connectivity index (χ0) is 37.5. The molecule has 12 aromatic rings. The average Bonchev–Trinajstić information content (AvgIpc) is 3.97. The molecule has 12 rings (SSSR count). The van der Waals surface area contributed by atoms with E-state index in [0.717, 1.165) is 105 Å². The maximum atomic E-state index is 6.62. The molecule has 0 atom stereocenters. The number of nitrogens with zero attached hydrogens (tertiary/aromatic N) is 3. The predicted molar refractivity (Wildman–Crippen MR) is 229 cm³/mol. The van der Waals surface area contributed by atoms with Crippen LogP contribution < -0.4 is 0 Å². The lowest BCUT2D eigenvalue weighted by Gasteiger charge is -2.10. The highest BCUT2D eigenvalue weighted by molar-refractivity contribution is 6.15. The smallest absolute Gasteiger partial charge is 0.164 e. The van der Waals surface area contributed by atoms with E-state index < -0.39 is 0 Å². The third-order valence-corrected chi connectivity index (χ3v) is 11.0. The Labute approximate surface area is 325 Å². The highest BCUT2D eigenvalue weighted by Crippen LogP contribution is 2.41. The molecule has 0 spiro atoms. The molecule has 0 radical (unpaired) electrons. The molecule has 57 heavy (non-hydrogen) atoms. The van der Waals surface area contributed by atoms with Crippen LogP contribution in [0.1, 0.15) is 0 Å². The van der Waals surface area contributed by atoms with E-state index in [-0.39, 0.29) is 0 Å². The fourth-order valence-electron chi connectivity index (χ4n) is 8.26. The van der Waals surface area contributed by atoms with Gasteiger partial charge in [0.1, 0.15) is 33.5 Å². The van der Waals surface area contributed by atoms with Crippen LogP contribution >= 0.6 is 0 Å². The van der Waals surface area contributed by atoms with Gasteiger partial charge in [-0.25, -0.2) is 15.0 Å². The molecule has 6 heteroatoms. The van der Waals surface area contributed by atoms with E-state index >= 15 is 0 Å². The van der Waals surface area contributed by atoms with Crippen molar-refractivity contribution < 1.29 is 13.3 Å². The molecule has 0 fully saturated rings. The Kier molecular flexibility index (Phi) is 6.83. The Bertz CT molecular complexity index is 3520. The number of hydrogen-bond donors (Lipinski definition) is 0. The van der Waals surface area contributed by atoms with Crippen molar-refractivity contribution in [1.82, 2.24) is 15.0 Å². The van der Waals surface area contributed by atoms with E-state index in [1.54, 1.807) is 0 Å². The van der Waals surface area contributed by atoms with Crippen LogP contribution in [0.3, 0.4) is 0 Å². The molecule has 8 aromatic carbocycles. The molecule has 6 nitrogen and oxygen atoms in total. The molecule has 0 unspecified atom stereocenters. The fourth-order valence-corrected chi connectivity index (χ4v) is 8.26. The minimum absolute atomic E-state index is 0.561. The Balaban J connectivity index is 1.04. The van der Waals surface area contributed by atoms with Gasteiger partial charge in [0.25, 0.3) is 0 Å². The second kappa shape index (κ2) is 12.3. The normalized spacial score (nSPS) is 11.9. The summed E-state index contributed by atoms with van der Waals surface area (Å²) in [5.74, 6) is 1.72. The molecule has 266 valence electrons. The van der Waals surface area contributed by atoms with E-state index in [0.29, 0.717) is 17.5 Å². The quantitative estimate of drug-likeness (QED) is 0.175. The van der Waals surface area contributed by atoms with Crippen molar-refractivity contribution in [3.8, 4) is 56.4 Å². The van der Waals surface area contributed by atoms with Gasteiger partial charge in [-0.15, -0.1) is 0 Å². The van der Waals surface area contributed by atoms with Crippen molar-refractivity contribution in [1.29, 1.82) is 0 Å². The standard InChI is InChI=1S/C51H29N3O3/c1-2-10-30(11-3-1)31-20-22-32(23-21-31)49-52-50(34-25-27-43-40(28-34)36-12-4-6-16-41(36)55-43)54-51(53-49)39-15-9-19-45-48(39)38-26-24-33(29-46(38)57-45)35-14-8-18-44-47(35)37-13-5-7-17-42(37)56-44/h1-29H. The van der Waals surface area contributed by atoms with Crippen LogP contribution in [0.25, 0.3) is 122 Å². The largest absolute Gasteiger partial charge is 0.456 e. The molecule has 0 amide bonds. The Hall–Kier alpha value is -7.83. The first-order valence-electron chi connectivity index (χ1n) is 18.9. The first kappa shape index (κ1) is 31.5. The molecule has 0 N–H and O–H groups in total. The number of rotatable bonds is 5. The third kappa shape index (κ3) is 5.08. The maximum Gasteiger partial charge on any atom is 0.164 e. The van der Waals surface area contributed by atoms with Crippen molar-refractivity contribution in [2.45, 2.75) is 0 Å². The summed E-state index contributed by atoms with van der Waals surface area (Å²) >= 11 is 0. The Morgan fingerprint density at radius 1 is 0.263 bits per heavy atom. The molecular formula is C51H29N3O3. The van der Waals surface area contributed by atoms with Crippen molar-refractivity contribution in [2.24, 2.45) is 0 Å². The number of hydrogen-bond acceptors (Lipinski definition) is 6. The van der Waals surface area contributed by atoms with Gasteiger partial charge in [0, 0.05) is 49.0 Å². The van der Waals surface area contributed by atoms with Gasteiger partial charge in [0.2, 0.25) is 0 Å². The molecule has 0 saturated heterocycles. The van der Waals surface area contributed by atoms with E-state index in [2.05, 4.69) is 97.1 Å². The summed E-state index contributed by atoms with van der Waals surface area (Å²) in [7, 11) is 0. The van der Waals surface area contributed by atoms with Gasteiger partial charge in [-0.3, -0.25) is 0 Å². The summed E-state index contributed by atoms with van der Waals surface area (Å²) in [6, 6.07) is 59.9. The molecule has 4 heterocycles. The summed E-state index contributed by atoms with van der Waals surface area (Å²) in [5, 5.41) is 6.17. The maximum absolute atomic E-state index is 6.62. The second-order valence-corrected chi connectivity index (χ2v) is 14.3. The van der Waals surface area contributed by atoms with Crippen LogP contribution in [0, 0.1) is 0 Å². The van der Waals surface area contributed by atoms with Crippen molar-refractivity contribution in [2.75, 3.05) is 0 Å². The average molecular weight is 732 g/mol. The van der Waals surface area contributed by atoms with Crippen LogP contribution in [0.2, 0.25) is 0 Å². The summed E-state index contributed by atoms with van der Waals surface area (Å²) in [6.45, 7) is 0. The monoisotopic (exact) mass is 731 g/mol. The number of para-hydroxylation sites is 2. The van der Waals surface area contributed by atoms with Crippen molar-refractivity contribution in [3.63, 3.8) is 0 Å². The first-order valence-corrected chi connectivity index (χ1v) is 18.9. The van der Waals surface area contributed by atoms with Crippen molar-refractivity contribution in [3.05, 3.63) is 176 Å². The summed E-state index contributed by atoms with van der Waals surface area (Å²) in [6.07, 6.45) is 0. The number of aromatic nitrogens is 3. The minimum atomic E-state index is 0.561. The van der Waals surface area contributed by atoms with Gasteiger partial charge < -0.3 is 13.3 Å². The van der Waals surface area contributed by atoms with Gasteiger partial charge in [-0.1, -0.05) is 121 Å². The summed E-state index contributed by atoms with van der Waals surface area (Å²) in [5.41, 5.74) is 12.0. The van der Waals surface area contributed by atoms with E-state index in [1.165, 1.54) is 0 Å². The van der Waals surface area contributed by atoms with Gasteiger partial charge in [-0.2, -0.15) is 0 Å². The molecule has 0 bridgehead atoms. The van der Waals surface area contributed by atoms with Crippen LogP contribution in [0.5, 0.6) is 0 Å². The molecule has 4 aromatic heterocycles. The zero-order valence-corrected chi connectivity index (χ0v) is 30.3. The molecule has 0 saturated carbocycles. The fraction of sp³-hybridized carbons (Fsp3) is 0. The molecule has 0 aliphatic heterocycles. The van der Waals surface area contributed by atoms with Crippen LogP contribution in [0.4, 0.5) is 0 Å². The number of benzene rings is 8. The third-order valence-electron chi connectivity index (χ3n) is 11.0. The van der Waals surface area contributed by atoms with Crippen LogP contribution in [0.15, 0.2) is 189 Å². The van der Waals surface area contributed by atoms with Gasteiger partial charge in [-0.05, 0) is 76.9 Å². The summed E-state index contributed by atoms with van der Waals surface area (Å²) in [4.78, 5) is 15.5. The van der Waals surface area contributed by atoms with Gasteiger partial charge >= 0.3 is 0 Å². The number of furan rings is 3. The first-order chi connectivity index (χ1) is 28.2. The predicted octanol–water partition coefficient (Wildman–Crippen LogP) is 13.9. The summed E-state index contributed by atoms with van der Waals surface area (Å²) < 4.78 is 19.0. The lowest BCUT2D eigenvalue weighted by Crippen LogP contribution is -2.00.